The maximum absolute atomic E-state index is 12.3. The van der Waals surface area contributed by atoms with Gasteiger partial charge in [-0.2, -0.15) is 0 Å². The molecular weight excluding hydrogens is 320 g/mol. The van der Waals surface area contributed by atoms with Crippen molar-refractivity contribution in [2.75, 3.05) is 13.1 Å². The van der Waals surface area contributed by atoms with Crippen LogP contribution in [0.1, 0.15) is 36.0 Å². The molecule has 0 saturated carbocycles. The van der Waals surface area contributed by atoms with E-state index in [1.165, 1.54) is 0 Å². The summed E-state index contributed by atoms with van der Waals surface area (Å²) in [5.41, 5.74) is 1.45. The second-order valence-electron chi connectivity index (χ2n) is 6.16. The summed E-state index contributed by atoms with van der Waals surface area (Å²) in [4.78, 5) is 39.1. The molecule has 1 aromatic carbocycles. The van der Waals surface area contributed by atoms with Crippen LogP contribution in [0.3, 0.4) is 0 Å². The minimum absolute atomic E-state index is 0.131. The Morgan fingerprint density at radius 1 is 1.20 bits per heavy atom. The first kappa shape index (κ1) is 17.0. The predicted molar refractivity (Wildman–Crippen MR) is 94.0 cm³/mol. The Morgan fingerprint density at radius 2 is 2.04 bits per heavy atom. The highest BCUT2D eigenvalue weighted by atomic mass is 16.2. The molecule has 3 rings (SSSR count). The molecule has 4 N–H and O–H groups in total. The van der Waals surface area contributed by atoms with Crippen molar-refractivity contribution in [3.8, 4) is 0 Å². The van der Waals surface area contributed by atoms with Crippen LogP contribution in [0.25, 0.3) is 10.9 Å². The van der Waals surface area contributed by atoms with E-state index in [2.05, 4.69) is 20.9 Å². The summed E-state index contributed by atoms with van der Waals surface area (Å²) in [6, 6.07) is 7.07. The number of para-hydroxylation sites is 1. The minimum Gasteiger partial charge on any atom is -0.360 e. The van der Waals surface area contributed by atoms with Crippen molar-refractivity contribution in [1.29, 1.82) is 0 Å². The van der Waals surface area contributed by atoms with Gasteiger partial charge in [-0.05, 0) is 25.3 Å². The van der Waals surface area contributed by atoms with Gasteiger partial charge in [0.25, 0.3) is 5.91 Å². The second kappa shape index (κ2) is 7.83. The molecule has 3 amide bonds. The number of aromatic amines is 1. The Hall–Kier alpha value is -2.83. The van der Waals surface area contributed by atoms with E-state index in [4.69, 9.17) is 0 Å². The molecule has 0 aliphatic carbocycles. The molecule has 7 nitrogen and oxygen atoms in total. The molecule has 1 saturated heterocycles. The maximum Gasteiger partial charge on any atom is 0.253 e. The van der Waals surface area contributed by atoms with Gasteiger partial charge in [0.05, 0.1) is 5.56 Å². The SMILES string of the molecule is O=C(CCNC(=O)c1c[nH]c2ccccc12)NC1CCCCNC1=O. The van der Waals surface area contributed by atoms with Crippen molar-refractivity contribution in [2.24, 2.45) is 0 Å². The Balaban J connectivity index is 1.48. The van der Waals surface area contributed by atoms with Gasteiger partial charge < -0.3 is 20.9 Å². The number of amides is 3. The molecule has 1 fully saturated rings. The van der Waals surface area contributed by atoms with Gasteiger partial charge in [-0.1, -0.05) is 18.2 Å². The number of hydrogen-bond acceptors (Lipinski definition) is 3. The third kappa shape index (κ3) is 4.17. The number of H-pyrrole nitrogens is 1. The quantitative estimate of drug-likeness (QED) is 0.653. The Morgan fingerprint density at radius 3 is 2.92 bits per heavy atom. The summed E-state index contributed by atoms with van der Waals surface area (Å²) in [6.07, 6.45) is 4.28. The average Bonchev–Trinajstić information content (AvgIpc) is 2.94. The molecule has 0 bridgehead atoms. The van der Waals surface area contributed by atoms with E-state index in [-0.39, 0.29) is 30.7 Å². The standard InChI is InChI=1S/C18H22N4O3/c23-16(22-15-7-3-4-9-19-18(15)25)8-10-20-17(24)13-11-21-14-6-2-1-5-12(13)14/h1-2,5-6,11,15,21H,3-4,7-10H2,(H,19,25)(H,20,24)(H,22,23). The van der Waals surface area contributed by atoms with Crippen molar-refractivity contribution in [3.63, 3.8) is 0 Å². The second-order valence-corrected chi connectivity index (χ2v) is 6.16. The van der Waals surface area contributed by atoms with E-state index < -0.39 is 6.04 Å². The minimum atomic E-state index is -0.473. The van der Waals surface area contributed by atoms with Crippen LogP contribution >= 0.6 is 0 Å². The lowest BCUT2D eigenvalue weighted by Crippen LogP contribution is -2.46. The molecule has 1 aliphatic rings. The van der Waals surface area contributed by atoms with Crippen LogP contribution in [0, 0.1) is 0 Å². The molecule has 1 atom stereocenters. The van der Waals surface area contributed by atoms with Crippen LogP contribution in [-0.4, -0.2) is 41.8 Å². The molecule has 2 heterocycles. The molecule has 0 radical (unpaired) electrons. The van der Waals surface area contributed by atoms with Crippen LogP contribution in [0.15, 0.2) is 30.5 Å². The Kier molecular flexibility index (Phi) is 5.33. The van der Waals surface area contributed by atoms with Crippen molar-refractivity contribution in [1.82, 2.24) is 20.9 Å². The van der Waals surface area contributed by atoms with Gasteiger partial charge >= 0.3 is 0 Å². The molecule has 0 spiro atoms. The number of benzene rings is 1. The lowest BCUT2D eigenvalue weighted by Gasteiger charge is -2.15. The first-order valence-electron chi connectivity index (χ1n) is 8.56. The van der Waals surface area contributed by atoms with E-state index in [1.54, 1.807) is 6.20 Å². The van der Waals surface area contributed by atoms with E-state index in [0.717, 1.165) is 23.7 Å². The molecule has 132 valence electrons. The summed E-state index contributed by atoms with van der Waals surface area (Å²) >= 11 is 0. The van der Waals surface area contributed by atoms with Gasteiger partial charge in [0, 0.05) is 36.6 Å². The van der Waals surface area contributed by atoms with Gasteiger partial charge in [0.1, 0.15) is 6.04 Å². The van der Waals surface area contributed by atoms with Gasteiger partial charge in [0.2, 0.25) is 11.8 Å². The van der Waals surface area contributed by atoms with Crippen molar-refractivity contribution in [3.05, 3.63) is 36.0 Å². The van der Waals surface area contributed by atoms with Crippen LogP contribution in [0.5, 0.6) is 0 Å². The van der Waals surface area contributed by atoms with E-state index in [0.29, 0.717) is 18.5 Å². The van der Waals surface area contributed by atoms with Gasteiger partial charge in [-0.25, -0.2) is 0 Å². The molecular formula is C18H22N4O3. The average molecular weight is 342 g/mol. The van der Waals surface area contributed by atoms with Gasteiger partial charge in [0.15, 0.2) is 0 Å². The molecule has 2 aromatic rings. The first-order valence-corrected chi connectivity index (χ1v) is 8.56. The Labute approximate surface area is 145 Å². The van der Waals surface area contributed by atoms with Crippen molar-refractivity contribution >= 4 is 28.6 Å². The molecule has 1 aromatic heterocycles. The van der Waals surface area contributed by atoms with Crippen LogP contribution in [0.2, 0.25) is 0 Å². The molecule has 1 aliphatic heterocycles. The van der Waals surface area contributed by atoms with Crippen molar-refractivity contribution in [2.45, 2.75) is 31.7 Å². The van der Waals surface area contributed by atoms with Crippen LogP contribution in [0.4, 0.5) is 0 Å². The monoisotopic (exact) mass is 342 g/mol. The lowest BCUT2D eigenvalue weighted by atomic mass is 10.1. The number of carbonyl (C=O) groups excluding carboxylic acids is 3. The summed E-state index contributed by atoms with van der Waals surface area (Å²) in [6.45, 7) is 0.879. The summed E-state index contributed by atoms with van der Waals surface area (Å²) in [7, 11) is 0. The van der Waals surface area contributed by atoms with Crippen LogP contribution < -0.4 is 16.0 Å². The largest absolute Gasteiger partial charge is 0.360 e. The first-order chi connectivity index (χ1) is 12.1. The van der Waals surface area contributed by atoms with E-state index in [1.807, 2.05) is 24.3 Å². The van der Waals surface area contributed by atoms with Crippen LogP contribution in [-0.2, 0) is 9.59 Å². The number of carbonyl (C=O) groups is 3. The number of rotatable bonds is 5. The molecule has 25 heavy (non-hydrogen) atoms. The zero-order valence-electron chi connectivity index (χ0n) is 13.9. The highest BCUT2D eigenvalue weighted by Gasteiger charge is 2.22. The third-order valence-electron chi connectivity index (χ3n) is 4.34. The third-order valence-corrected chi connectivity index (χ3v) is 4.34. The summed E-state index contributed by atoms with van der Waals surface area (Å²) in [5, 5.41) is 9.12. The number of fused-ring (bicyclic) bond motifs is 1. The van der Waals surface area contributed by atoms with Crippen molar-refractivity contribution < 1.29 is 14.4 Å². The molecule has 7 heteroatoms. The Bertz CT molecular complexity index is 783. The number of aromatic nitrogens is 1. The summed E-state index contributed by atoms with van der Waals surface area (Å²) < 4.78 is 0. The fourth-order valence-corrected chi connectivity index (χ4v) is 2.99. The highest BCUT2D eigenvalue weighted by molar-refractivity contribution is 6.06. The highest BCUT2D eigenvalue weighted by Crippen LogP contribution is 2.17. The summed E-state index contributed by atoms with van der Waals surface area (Å²) in [5.74, 6) is -0.590. The van der Waals surface area contributed by atoms with E-state index >= 15 is 0 Å². The normalized spacial score (nSPS) is 17.6. The number of hydrogen-bond donors (Lipinski definition) is 4. The molecule has 1 unspecified atom stereocenters. The van der Waals surface area contributed by atoms with Gasteiger partial charge in [-0.3, -0.25) is 14.4 Å². The topological polar surface area (TPSA) is 103 Å². The predicted octanol–water partition coefficient (Wildman–Crippen LogP) is 1.07. The fraction of sp³-hybridized carbons (Fsp3) is 0.389. The zero-order chi connectivity index (χ0) is 17.6. The fourth-order valence-electron chi connectivity index (χ4n) is 2.99. The zero-order valence-corrected chi connectivity index (χ0v) is 13.9. The number of nitrogens with one attached hydrogen (secondary N) is 4. The smallest absolute Gasteiger partial charge is 0.253 e. The van der Waals surface area contributed by atoms with Gasteiger partial charge in [-0.15, -0.1) is 0 Å². The maximum atomic E-state index is 12.3. The lowest BCUT2D eigenvalue weighted by molar-refractivity contribution is -0.128. The van der Waals surface area contributed by atoms with E-state index in [9.17, 15) is 14.4 Å².